The average Bonchev–Trinajstić information content (AvgIpc) is 3.21. The van der Waals surface area contributed by atoms with E-state index in [0.29, 0.717) is 13.1 Å². The van der Waals surface area contributed by atoms with Gasteiger partial charge in [0.1, 0.15) is 4.21 Å². The van der Waals surface area contributed by atoms with Crippen molar-refractivity contribution in [2.45, 2.75) is 4.21 Å². The Morgan fingerprint density at radius 2 is 1.79 bits per heavy atom. The van der Waals surface area contributed by atoms with Gasteiger partial charge in [-0.25, -0.2) is 13.2 Å². The quantitative estimate of drug-likeness (QED) is 0.471. The molecule has 148 valence electrons. The van der Waals surface area contributed by atoms with Crippen molar-refractivity contribution in [2.24, 2.45) is 0 Å². The van der Waals surface area contributed by atoms with E-state index < -0.39 is 28.5 Å². The number of rotatable bonds is 10. The summed E-state index contributed by atoms with van der Waals surface area (Å²) in [5, 5.41) is 1.64. The van der Waals surface area contributed by atoms with Crippen molar-refractivity contribution in [2.75, 3.05) is 24.4 Å². The van der Waals surface area contributed by atoms with Crippen molar-refractivity contribution in [1.29, 1.82) is 0 Å². The van der Waals surface area contributed by atoms with Crippen molar-refractivity contribution in [3.8, 4) is 0 Å². The number of ether oxygens (including phenoxy) is 1. The van der Waals surface area contributed by atoms with Crippen LogP contribution >= 0.6 is 11.3 Å². The molecule has 0 radical (unpaired) electrons. The number of carbonyl (C=O) groups is 2. The molecule has 1 amide bonds. The molecular weight excluding hydrogens is 400 g/mol. The monoisotopic (exact) mass is 420 g/mol. The summed E-state index contributed by atoms with van der Waals surface area (Å²) in [4.78, 5) is 26.0. The van der Waals surface area contributed by atoms with Crippen molar-refractivity contribution < 1.29 is 22.7 Å². The second-order valence-corrected chi connectivity index (χ2v) is 8.39. The summed E-state index contributed by atoms with van der Waals surface area (Å²) in [7, 11) is -3.82. The molecule has 2 aromatic rings. The summed E-state index contributed by atoms with van der Waals surface area (Å²) < 4.78 is 32.4. The minimum absolute atomic E-state index is 0.00872. The van der Waals surface area contributed by atoms with Crippen LogP contribution < -0.4 is 4.72 Å². The van der Waals surface area contributed by atoms with Gasteiger partial charge in [-0.3, -0.25) is 9.52 Å². The van der Waals surface area contributed by atoms with E-state index in [1.807, 2.05) is 0 Å². The number of nitrogens with one attached hydrogen (secondary N) is 1. The van der Waals surface area contributed by atoms with Crippen molar-refractivity contribution in [3.63, 3.8) is 0 Å². The van der Waals surface area contributed by atoms with Crippen LogP contribution in [0, 0.1) is 0 Å². The Labute approximate surface area is 168 Å². The fourth-order valence-electron chi connectivity index (χ4n) is 2.25. The Morgan fingerprint density at radius 1 is 1.11 bits per heavy atom. The standard InChI is InChI=1S/C19H20N2O5S2/c1-3-11-21(12-4-2)17(22)14-26-19(23)15-8-5-6-9-16(15)20-28(24,25)18-10-7-13-27-18/h3-10,13,20H,1-2,11-12,14H2. The summed E-state index contributed by atoms with van der Waals surface area (Å²) in [5.74, 6) is -1.22. The molecule has 0 aliphatic heterocycles. The van der Waals surface area contributed by atoms with E-state index in [9.17, 15) is 18.0 Å². The predicted octanol–water partition coefficient (Wildman–Crippen LogP) is 2.91. The highest BCUT2D eigenvalue weighted by Crippen LogP contribution is 2.23. The van der Waals surface area contributed by atoms with Crippen LogP contribution in [-0.2, 0) is 19.6 Å². The molecule has 7 nitrogen and oxygen atoms in total. The third kappa shape index (κ3) is 5.54. The molecule has 0 saturated heterocycles. The molecule has 1 aromatic carbocycles. The van der Waals surface area contributed by atoms with Gasteiger partial charge in [0.2, 0.25) is 0 Å². The number of carbonyl (C=O) groups excluding carboxylic acids is 2. The Balaban J connectivity index is 2.11. The first kappa shape index (κ1) is 21.4. The number of sulfonamides is 1. The summed E-state index contributed by atoms with van der Waals surface area (Å²) in [6.45, 7) is 7.25. The van der Waals surface area contributed by atoms with Crippen LogP contribution in [0.1, 0.15) is 10.4 Å². The third-order valence-electron chi connectivity index (χ3n) is 3.53. The largest absolute Gasteiger partial charge is 0.452 e. The van der Waals surface area contributed by atoms with Crippen molar-refractivity contribution in [1.82, 2.24) is 4.90 Å². The van der Waals surface area contributed by atoms with E-state index in [-0.39, 0.29) is 15.5 Å². The highest BCUT2D eigenvalue weighted by atomic mass is 32.2. The van der Waals surface area contributed by atoms with E-state index in [0.717, 1.165) is 11.3 Å². The van der Waals surface area contributed by atoms with Crippen LogP contribution in [0.25, 0.3) is 0 Å². The number of hydrogen-bond donors (Lipinski definition) is 1. The smallest absolute Gasteiger partial charge is 0.340 e. The molecule has 28 heavy (non-hydrogen) atoms. The van der Waals surface area contributed by atoms with Crippen molar-refractivity contribution >= 4 is 38.9 Å². The molecule has 2 rings (SSSR count). The Morgan fingerprint density at radius 3 is 2.39 bits per heavy atom. The number of esters is 1. The molecule has 0 fully saturated rings. The highest BCUT2D eigenvalue weighted by Gasteiger charge is 2.21. The maximum atomic E-state index is 12.4. The van der Waals surface area contributed by atoms with Gasteiger partial charge in [0.25, 0.3) is 15.9 Å². The predicted molar refractivity (Wildman–Crippen MR) is 109 cm³/mol. The Bertz CT molecular complexity index is 942. The highest BCUT2D eigenvalue weighted by molar-refractivity contribution is 7.94. The molecule has 0 unspecified atom stereocenters. The molecule has 0 aliphatic carbocycles. The number of amides is 1. The number of thiophene rings is 1. The third-order valence-corrected chi connectivity index (χ3v) is 6.29. The molecule has 0 bridgehead atoms. The molecule has 0 spiro atoms. The van der Waals surface area contributed by atoms with Gasteiger partial charge in [0.15, 0.2) is 6.61 Å². The normalized spacial score (nSPS) is 10.7. The fraction of sp³-hybridized carbons (Fsp3) is 0.158. The van der Waals surface area contributed by atoms with Gasteiger partial charge in [0, 0.05) is 13.1 Å². The van der Waals surface area contributed by atoms with Crippen LogP contribution in [0.5, 0.6) is 0 Å². The number of hydrogen-bond acceptors (Lipinski definition) is 6. The molecule has 1 N–H and O–H groups in total. The maximum Gasteiger partial charge on any atom is 0.340 e. The molecule has 0 saturated carbocycles. The first-order valence-corrected chi connectivity index (χ1v) is 10.6. The summed E-state index contributed by atoms with van der Waals surface area (Å²) in [6.07, 6.45) is 3.11. The Kier molecular flexibility index (Phi) is 7.53. The lowest BCUT2D eigenvalue weighted by Gasteiger charge is -2.19. The maximum absolute atomic E-state index is 12.4. The molecule has 1 heterocycles. The number of benzene rings is 1. The second kappa shape index (κ2) is 9.86. The first-order chi connectivity index (χ1) is 13.4. The van der Waals surface area contributed by atoms with Gasteiger partial charge in [-0.2, -0.15) is 0 Å². The number of anilines is 1. The minimum atomic E-state index is -3.82. The van der Waals surface area contributed by atoms with E-state index in [4.69, 9.17) is 4.74 Å². The fourth-order valence-corrected chi connectivity index (χ4v) is 4.32. The number of para-hydroxylation sites is 1. The van der Waals surface area contributed by atoms with Gasteiger partial charge >= 0.3 is 5.97 Å². The minimum Gasteiger partial charge on any atom is -0.452 e. The van der Waals surface area contributed by atoms with Crippen LogP contribution in [0.2, 0.25) is 0 Å². The van der Waals surface area contributed by atoms with Gasteiger partial charge in [-0.1, -0.05) is 30.4 Å². The van der Waals surface area contributed by atoms with Crippen LogP contribution in [0.3, 0.4) is 0 Å². The number of nitrogens with zero attached hydrogens (tertiary/aromatic N) is 1. The summed E-state index contributed by atoms with van der Waals surface area (Å²) >= 11 is 1.06. The zero-order valence-electron chi connectivity index (χ0n) is 15.0. The SMILES string of the molecule is C=CCN(CC=C)C(=O)COC(=O)c1ccccc1NS(=O)(=O)c1cccs1. The van der Waals surface area contributed by atoms with Crippen LogP contribution in [0.4, 0.5) is 5.69 Å². The topological polar surface area (TPSA) is 92.8 Å². The lowest BCUT2D eigenvalue weighted by Crippen LogP contribution is -2.35. The first-order valence-electron chi connectivity index (χ1n) is 8.21. The van der Waals surface area contributed by atoms with Gasteiger partial charge in [-0.15, -0.1) is 24.5 Å². The van der Waals surface area contributed by atoms with E-state index in [1.54, 1.807) is 35.7 Å². The lowest BCUT2D eigenvalue weighted by atomic mass is 10.2. The van der Waals surface area contributed by atoms with Crippen LogP contribution in [0.15, 0.2) is 71.3 Å². The van der Waals surface area contributed by atoms with E-state index >= 15 is 0 Å². The van der Waals surface area contributed by atoms with Crippen LogP contribution in [-0.4, -0.2) is 44.9 Å². The zero-order chi connectivity index (χ0) is 20.6. The van der Waals surface area contributed by atoms with E-state index in [2.05, 4.69) is 17.9 Å². The lowest BCUT2D eigenvalue weighted by molar-refractivity contribution is -0.133. The molecule has 0 atom stereocenters. The van der Waals surface area contributed by atoms with Gasteiger partial charge in [0.05, 0.1) is 11.3 Å². The van der Waals surface area contributed by atoms with Crippen molar-refractivity contribution in [3.05, 3.63) is 72.7 Å². The summed E-state index contributed by atoms with van der Waals surface area (Å²) in [6, 6.07) is 9.10. The second-order valence-electron chi connectivity index (χ2n) is 5.54. The van der Waals surface area contributed by atoms with E-state index in [1.165, 1.54) is 23.1 Å². The molecule has 1 aromatic heterocycles. The Hall–Kier alpha value is -2.91. The summed E-state index contributed by atoms with van der Waals surface area (Å²) in [5.41, 5.74) is 0.0804. The van der Waals surface area contributed by atoms with Gasteiger partial charge < -0.3 is 9.64 Å². The zero-order valence-corrected chi connectivity index (χ0v) is 16.7. The molecule has 9 heteroatoms. The average molecular weight is 421 g/mol. The molecular formula is C19H20N2O5S2. The van der Waals surface area contributed by atoms with Gasteiger partial charge in [-0.05, 0) is 23.6 Å². The molecule has 0 aliphatic rings.